The Labute approximate surface area is 187 Å². The molecule has 0 saturated carbocycles. The fourth-order valence-corrected chi connectivity index (χ4v) is 4.32. The number of nitrogens with one attached hydrogen (secondary N) is 1. The predicted molar refractivity (Wildman–Crippen MR) is 124 cm³/mol. The molecule has 7 nitrogen and oxygen atoms in total. The summed E-state index contributed by atoms with van der Waals surface area (Å²) < 4.78 is 5.48. The minimum absolute atomic E-state index is 0.0999. The molecule has 0 unspecified atom stereocenters. The van der Waals surface area contributed by atoms with Crippen LogP contribution >= 0.6 is 11.6 Å². The van der Waals surface area contributed by atoms with Crippen molar-refractivity contribution in [2.75, 3.05) is 55.0 Å². The first-order valence-corrected chi connectivity index (χ1v) is 10.9. The molecule has 1 N–H and O–H groups in total. The van der Waals surface area contributed by atoms with Gasteiger partial charge < -0.3 is 24.8 Å². The van der Waals surface area contributed by atoms with Gasteiger partial charge in [-0.05, 0) is 43.2 Å². The molecule has 31 heavy (non-hydrogen) atoms. The Morgan fingerprint density at radius 1 is 1.03 bits per heavy atom. The number of carbonyl (C=O) groups is 2. The molecule has 2 aromatic carbocycles. The number of hydrogen-bond donors (Lipinski definition) is 1. The summed E-state index contributed by atoms with van der Waals surface area (Å²) in [5, 5.41) is 3.67. The minimum Gasteiger partial charge on any atom is -0.494 e. The Morgan fingerprint density at radius 2 is 1.81 bits per heavy atom. The van der Waals surface area contributed by atoms with Crippen LogP contribution in [0.15, 0.2) is 36.4 Å². The molecule has 0 bridgehead atoms. The first kappa shape index (κ1) is 21.3. The maximum absolute atomic E-state index is 12.8. The Bertz CT molecular complexity index is 989. The molecule has 8 heteroatoms. The lowest BCUT2D eigenvalue weighted by Gasteiger charge is -2.36. The summed E-state index contributed by atoms with van der Waals surface area (Å²) in [5.41, 5.74) is 3.68. The molecule has 4 rings (SSSR count). The van der Waals surface area contributed by atoms with Crippen molar-refractivity contribution in [2.24, 2.45) is 0 Å². The number of benzene rings is 2. The normalized spacial score (nSPS) is 16.6. The summed E-state index contributed by atoms with van der Waals surface area (Å²) in [6, 6.07) is 11.2. The monoisotopic (exact) mass is 442 g/mol. The molecule has 164 valence electrons. The van der Waals surface area contributed by atoms with E-state index in [2.05, 4.69) is 17.1 Å². The molecule has 2 aromatic rings. The zero-order chi connectivity index (χ0) is 22.0. The summed E-state index contributed by atoms with van der Waals surface area (Å²) in [6.07, 6.45) is 1.41. The van der Waals surface area contributed by atoms with Crippen LogP contribution < -0.4 is 19.9 Å². The highest BCUT2D eigenvalue weighted by atomic mass is 35.5. The van der Waals surface area contributed by atoms with E-state index in [0.717, 1.165) is 30.9 Å². The fraction of sp³-hybridized carbons (Fsp3) is 0.391. The summed E-state index contributed by atoms with van der Waals surface area (Å²) in [7, 11) is 1.57. The second kappa shape index (κ2) is 9.06. The van der Waals surface area contributed by atoms with Crippen LogP contribution in [0.25, 0.3) is 0 Å². The standard InChI is InChI=1S/C23H27ClN4O3/c1-16-5-6-17(24)14-20(16)26-10-12-27(13-11-26)23(30)25-18-7-8-19(21(15-18)31-2)28-9-3-4-22(28)29/h5-8,14-15H,3-4,9-13H2,1-2H3,(H,25,30). The minimum atomic E-state index is -0.144. The molecular weight excluding hydrogens is 416 g/mol. The molecule has 3 amide bonds. The quantitative estimate of drug-likeness (QED) is 0.772. The lowest BCUT2D eigenvalue weighted by molar-refractivity contribution is -0.117. The van der Waals surface area contributed by atoms with Crippen molar-refractivity contribution in [2.45, 2.75) is 19.8 Å². The van der Waals surface area contributed by atoms with Crippen molar-refractivity contribution in [3.8, 4) is 5.75 Å². The Kier molecular flexibility index (Phi) is 6.23. The van der Waals surface area contributed by atoms with Crippen LogP contribution in [-0.4, -0.2) is 56.7 Å². The molecule has 2 aliphatic heterocycles. The molecule has 0 aromatic heterocycles. The highest BCUT2D eigenvalue weighted by Gasteiger charge is 2.26. The van der Waals surface area contributed by atoms with Gasteiger partial charge in [0.2, 0.25) is 5.91 Å². The van der Waals surface area contributed by atoms with Gasteiger partial charge in [-0.15, -0.1) is 0 Å². The van der Waals surface area contributed by atoms with E-state index in [1.54, 1.807) is 23.0 Å². The van der Waals surface area contributed by atoms with Crippen LogP contribution in [-0.2, 0) is 4.79 Å². The molecule has 2 fully saturated rings. The van der Waals surface area contributed by atoms with Gasteiger partial charge >= 0.3 is 6.03 Å². The van der Waals surface area contributed by atoms with E-state index in [0.29, 0.717) is 42.5 Å². The van der Waals surface area contributed by atoms with Crippen molar-refractivity contribution in [3.63, 3.8) is 0 Å². The van der Waals surface area contributed by atoms with Crippen LogP contribution in [0.2, 0.25) is 5.02 Å². The van der Waals surface area contributed by atoms with Gasteiger partial charge in [-0.1, -0.05) is 17.7 Å². The van der Waals surface area contributed by atoms with Gasteiger partial charge in [-0.2, -0.15) is 0 Å². The third-order valence-corrected chi connectivity index (χ3v) is 6.11. The molecule has 0 radical (unpaired) electrons. The van der Waals surface area contributed by atoms with Gasteiger partial charge in [-0.3, -0.25) is 4.79 Å². The highest BCUT2D eigenvalue weighted by molar-refractivity contribution is 6.30. The van der Waals surface area contributed by atoms with E-state index in [4.69, 9.17) is 16.3 Å². The molecular formula is C23H27ClN4O3. The van der Waals surface area contributed by atoms with E-state index >= 15 is 0 Å². The van der Waals surface area contributed by atoms with Crippen molar-refractivity contribution in [1.82, 2.24) is 4.90 Å². The highest BCUT2D eigenvalue weighted by Crippen LogP contribution is 2.34. The van der Waals surface area contributed by atoms with Gasteiger partial charge in [-0.25, -0.2) is 4.79 Å². The number of anilines is 3. The van der Waals surface area contributed by atoms with Gasteiger partial charge in [0.05, 0.1) is 12.8 Å². The lowest BCUT2D eigenvalue weighted by atomic mass is 10.1. The number of methoxy groups -OCH3 is 1. The maximum Gasteiger partial charge on any atom is 0.321 e. The predicted octanol–water partition coefficient (Wildman–Crippen LogP) is 4.14. The number of urea groups is 1. The Hall–Kier alpha value is -2.93. The van der Waals surface area contributed by atoms with Crippen LogP contribution in [0.4, 0.5) is 21.9 Å². The van der Waals surface area contributed by atoms with Crippen LogP contribution in [0.3, 0.4) is 0 Å². The van der Waals surface area contributed by atoms with Crippen molar-refractivity contribution >= 4 is 40.6 Å². The number of aryl methyl sites for hydroxylation is 1. The first-order valence-electron chi connectivity index (χ1n) is 10.5. The zero-order valence-electron chi connectivity index (χ0n) is 17.9. The zero-order valence-corrected chi connectivity index (χ0v) is 18.6. The number of halogens is 1. The third kappa shape index (κ3) is 4.56. The fourth-order valence-electron chi connectivity index (χ4n) is 4.16. The van der Waals surface area contributed by atoms with Crippen LogP contribution in [0.5, 0.6) is 5.75 Å². The number of hydrogen-bond acceptors (Lipinski definition) is 4. The Balaban J connectivity index is 1.39. The second-order valence-corrected chi connectivity index (χ2v) is 8.31. The topological polar surface area (TPSA) is 65.1 Å². The molecule has 0 aliphatic carbocycles. The smallest absolute Gasteiger partial charge is 0.321 e. The first-order chi connectivity index (χ1) is 15.0. The van der Waals surface area contributed by atoms with Crippen LogP contribution in [0, 0.1) is 6.92 Å². The van der Waals surface area contributed by atoms with Crippen molar-refractivity contribution in [3.05, 3.63) is 47.0 Å². The molecule has 2 saturated heterocycles. The average molecular weight is 443 g/mol. The number of amides is 3. The van der Waals surface area contributed by atoms with Crippen LogP contribution in [0.1, 0.15) is 18.4 Å². The summed E-state index contributed by atoms with van der Waals surface area (Å²) in [6.45, 7) is 5.49. The number of ether oxygens (including phenoxy) is 1. The van der Waals surface area contributed by atoms with Gasteiger partial charge in [0, 0.05) is 61.6 Å². The van der Waals surface area contributed by atoms with E-state index in [1.165, 1.54) is 5.56 Å². The number of nitrogens with zero attached hydrogens (tertiary/aromatic N) is 3. The molecule has 2 aliphatic rings. The summed E-state index contributed by atoms with van der Waals surface area (Å²) in [5.74, 6) is 0.678. The molecule has 0 spiro atoms. The van der Waals surface area contributed by atoms with Crippen molar-refractivity contribution < 1.29 is 14.3 Å². The van der Waals surface area contributed by atoms with E-state index in [1.807, 2.05) is 30.3 Å². The number of rotatable bonds is 4. The molecule has 0 atom stereocenters. The van der Waals surface area contributed by atoms with E-state index in [9.17, 15) is 9.59 Å². The van der Waals surface area contributed by atoms with Gasteiger partial charge in [0.15, 0.2) is 0 Å². The lowest BCUT2D eigenvalue weighted by Crippen LogP contribution is -2.50. The Morgan fingerprint density at radius 3 is 2.48 bits per heavy atom. The van der Waals surface area contributed by atoms with E-state index < -0.39 is 0 Å². The van der Waals surface area contributed by atoms with E-state index in [-0.39, 0.29) is 11.9 Å². The average Bonchev–Trinajstić information content (AvgIpc) is 3.21. The molecule has 2 heterocycles. The number of carbonyl (C=O) groups excluding carboxylic acids is 2. The largest absolute Gasteiger partial charge is 0.494 e. The maximum atomic E-state index is 12.8. The van der Waals surface area contributed by atoms with Gasteiger partial charge in [0.1, 0.15) is 5.75 Å². The summed E-state index contributed by atoms with van der Waals surface area (Å²) in [4.78, 5) is 30.7. The number of piperazine rings is 1. The summed E-state index contributed by atoms with van der Waals surface area (Å²) >= 11 is 6.16. The third-order valence-electron chi connectivity index (χ3n) is 5.87. The second-order valence-electron chi connectivity index (χ2n) is 7.87. The van der Waals surface area contributed by atoms with Crippen molar-refractivity contribution in [1.29, 1.82) is 0 Å². The SMILES string of the molecule is COc1cc(NC(=O)N2CCN(c3cc(Cl)ccc3C)CC2)ccc1N1CCCC1=O. The van der Waals surface area contributed by atoms with Gasteiger partial charge in [0.25, 0.3) is 0 Å².